The molecule has 0 aliphatic carbocycles. The summed E-state index contributed by atoms with van der Waals surface area (Å²) in [5.74, 6) is -3.50. The molecule has 0 aromatic heterocycles. The van der Waals surface area contributed by atoms with Gasteiger partial charge in [0.15, 0.2) is 0 Å². The van der Waals surface area contributed by atoms with Gasteiger partial charge in [0.05, 0.1) is 6.42 Å². The Labute approximate surface area is 54.0 Å². The molecule has 0 saturated heterocycles. The molecule has 0 spiro atoms. The molecule has 0 amide bonds. The molecule has 0 fully saturated rings. The molecule has 0 heterocycles. The Bertz CT molecular complexity index is 148. The lowest BCUT2D eigenvalue weighted by Crippen LogP contribution is -2.35. The van der Waals surface area contributed by atoms with E-state index in [1.165, 1.54) is 5.92 Å². The zero-order chi connectivity index (χ0) is 8.41. The van der Waals surface area contributed by atoms with E-state index >= 15 is 0 Å². The molecule has 0 bridgehead atoms. The van der Waals surface area contributed by atoms with Crippen LogP contribution in [0.15, 0.2) is 0 Å². The summed E-state index contributed by atoms with van der Waals surface area (Å²) in [6.07, 6.45) is -2.85. The van der Waals surface area contributed by atoms with Crippen molar-refractivity contribution in [3.63, 3.8) is 0 Å². The molecular formula is C5H3F5. The summed E-state index contributed by atoms with van der Waals surface area (Å²) < 4.78 is 56.9. The van der Waals surface area contributed by atoms with Crippen molar-refractivity contribution < 1.29 is 22.0 Å². The van der Waals surface area contributed by atoms with Crippen molar-refractivity contribution in [2.24, 2.45) is 0 Å². The van der Waals surface area contributed by atoms with E-state index in [1.54, 1.807) is 0 Å². The Morgan fingerprint density at radius 1 is 1.10 bits per heavy atom. The molecule has 0 saturated carbocycles. The Kier molecular flexibility index (Phi) is 2.25. The number of terminal acetylenes is 1. The van der Waals surface area contributed by atoms with Crippen molar-refractivity contribution in [1.29, 1.82) is 0 Å². The quantitative estimate of drug-likeness (QED) is 0.405. The fraction of sp³-hybridized carbons (Fsp3) is 0.600. The van der Waals surface area contributed by atoms with E-state index in [0.29, 0.717) is 0 Å². The van der Waals surface area contributed by atoms with Gasteiger partial charge >= 0.3 is 12.1 Å². The van der Waals surface area contributed by atoms with Gasteiger partial charge in [-0.2, -0.15) is 22.0 Å². The summed E-state index contributed by atoms with van der Waals surface area (Å²) in [6.45, 7) is 0. The monoisotopic (exact) mass is 158 g/mol. The lowest BCUT2D eigenvalue weighted by atomic mass is 10.2. The minimum atomic E-state index is -5.53. The maximum atomic E-state index is 11.7. The van der Waals surface area contributed by atoms with Crippen molar-refractivity contribution >= 4 is 0 Å². The van der Waals surface area contributed by atoms with E-state index in [-0.39, 0.29) is 0 Å². The van der Waals surface area contributed by atoms with Gasteiger partial charge in [0.2, 0.25) is 0 Å². The van der Waals surface area contributed by atoms with Gasteiger partial charge in [-0.15, -0.1) is 12.3 Å². The molecule has 0 atom stereocenters. The molecule has 0 aromatic carbocycles. The molecule has 58 valence electrons. The molecule has 0 nitrogen and oxygen atoms in total. The first-order valence-electron chi connectivity index (χ1n) is 2.19. The highest BCUT2D eigenvalue weighted by atomic mass is 19.4. The summed E-state index contributed by atoms with van der Waals surface area (Å²) in [4.78, 5) is 0. The number of alkyl halides is 5. The average Bonchev–Trinajstić information content (AvgIpc) is 1.61. The lowest BCUT2D eigenvalue weighted by molar-refractivity contribution is -0.279. The van der Waals surface area contributed by atoms with Crippen molar-refractivity contribution in [2.45, 2.75) is 18.5 Å². The van der Waals surface area contributed by atoms with Crippen molar-refractivity contribution in [3.05, 3.63) is 0 Å². The van der Waals surface area contributed by atoms with Crippen LogP contribution in [0, 0.1) is 12.3 Å². The fourth-order valence-electron chi connectivity index (χ4n) is 0.228. The van der Waals surface area contributed by atoms with Crippen molar-refractivity contribution in [2.75, 3.05) is 0 Å². The van der Waals surface area contributed by atoms with E-state index in [2.05, 4.69) is 6.42 Å². The molecule has 0 rings (SSSR count). The number of hydrogen-bond acceptors (Lipinski definition) is 0. The minimum Gasteiger partial charge on any atom is -0.195 e. The third-order valence-corrected chi connectivity index (χ3v) is 0.739. The van der Waals surface area contributed by atoms with Gasteiger partial charge in [-0.25, -0.2) is 0 Å². The molecule has 0 radical (unpaired) electrons. The fourth-order valence-corrected chi connectivity index (χ4v) is 0.228. The van der Waals surface area contributed by atoms with Crippen LogP contribution in [0.2, 0.25) is 0 Å². The molecular weight excluding hydrogens is 155 g/mol. The highest BCUT2D eigenvalue weighted by Gasteiger charge is 2.56. The Morgan fingerprint density at radius 3 is 1.60 bits per heavy atom. The predicted molar refractivity (Wildman–Crippen MR) is 24.5 cm³/mol. The molecule has 0 aliphatic heterocycles. The van der Waals surface area contributed by atoms with Gasteiger partial charge in [-0.3, -0.25) is 0 Å². The zero-order valence-corrected chi connectivity index (χ0v) is 4.67. The first kappa shape index (κ1) is 9.21. The number of hydrogen-bond donors (Lipinski definition) is 0. The molecule has 0 N–H and O–H groups in total. The maximum Gasteiger partial charge on any atom is 0.454 e. The van der Waals surface area contributed by atoms with E-state index < -0.39 is 18.5 Å². The van der Waals surface area contributed by atoms with Crippen LogP contribution < -0.4 is 0 Å². The highest BCUT2D eigenvalue weighted by molar-refractivity contribution is 4.93. The van der Waals surface area contributed by atoms with E-state index in [1.807, 2.05) is 0 Å². The largest absolute Gasteiger partial charge is 0.454 e. The Morgan fingerprint density at radius 2 is 1.50 bits per heavy atom. The van der Waals surface area contributed by atoms with Crippen LogP contribution in [0.1, 0.15) is 6.42 Å². The Balaban J connectivity index is 4.28. The second kappa shape index (κ2) is 2.45. The van der Waals surface area contributed by atoms with Crippen LogP contribution in [-0.2, 0) is 0 Å². The molecule has 0 unspecified atom stereocenters. The molecule has 10 heavy (non-hydrogen) atoms. The lowest BCUT2D eigenvalue weighted by Gasteiger charge is -2.16. The number of rotatable bonds is 1. The molecule has 0 aliphatic rings. The van der Waals surface area contributed by atoms with Crippen LogP contribution in [0.4, 0.5) is 22.0 Å². The predicted octanol–water partition coefficient (Wildman–Crippen LogP) is 2.21. The minimum absolute atomic E-state index is 1.24. The summed E-state index contributed by atoms with van der Waals surface area (Å²) >= 11 is 0. The zero-order valence-electron chi connectivity index (χ0n) is 4.67. The summed E-state index contributed by atoms with van der Waals surface area (Å²) in [5, 5.41) is 0. The highest BCUT2D eigenvalue weighted by Crippen LogP contribution is 2.37. The Hall–Kier alpha value is -0.790. The summed E-state index contributed by atoms with van der Waals surface area (Å²) in [6, 6.07) is 0. The maximum absolute atomic E-state index is 11.7. The third kappa shape index (κ3) is 1.87. The SMILES string of the molecule is C#CCC(F)(F)C(F)(F)F. The number of halogens is 5. The average molecular weight is 158 g/mol. The van der Waals surface area contributed by atoms with Gasteiger partial charge in [0.25, 0.3) is 0 Å². The van der Waals surface area contributed by atoms with Crippen LogP contribution in [0.3, 0.4) is 0 Å². The third-order valence-electron chi connectivity index (χ3n) is 0.739. The van der Waals surface area contributed by atoms with Gasteiger partial charge in [0, 0.05) is 0 Å². The second-order valence-corrected chi connectivity index (χ2v) is 1.58. The standard InChI is InChI=1S/C5H3F5/c1-2-3-4(6,7)5(8,9)10/h1H,3H2. The molecule has 0 aromatic rings. The summed E-state index contributed by atoms with van der Waals surface area (Å²) in [7, 11) is 0. The van der Waals surface area contributed by atoms with E-state index in [0.717, 1.165) is 0 Å². The van der Waals surface area contributed by atoms with Crippen molar-refractivity contribution in [3.8, 4) is 12.3 Å². The van der Waals surface area contributed by atoms with Crippen LogP contribution in [-0.4, -0.2) is 12.1 Å². The van der Waals surface area contributed by atoms with Gasteiger partial charge in [-0.05, 0) is 0 Å². The second-order valence-electron chi connectivity index (χ2n) is 1.58. The van der Waals surface area contributed by atoms with Gasteiger partial charge in [0.1, 0.15) is 0 Å². The smallest absolute Gasteiger partial charge is 0.195 e. The first-order chi connectivity index (χ1) is 4.31. The first-order valence-corrected chi connectivity index (χ1v) is 2.19. The van der Waals surface area contributed by atoms with Crippen molar-refractivity contribution in [1.82, 2.24) is 0 Å². The topological polar surface area (TPSA) is 0 Å². The van der Waals surface area contributed by atoms with Crippen LogP contribution >= 0.6 is 0 Å². The summed E-state index contributed by atoms with van der Waals surface area (Å²) in [5.41, 5.74) is 0. The normalized spacial score (nSPS) is 12.8. The van der Waals surface area contributed by atoms with Gasteiger partial charge in [-0.1, -0.05) is 0 Å². The van der Waals surface area contributed by atoms with Crippen LogP contribution in [0.25, 0.3) is 0 Å². The van der Waals surface area contributed by atoms with Crippen LogP contribution in [0.5, 0.6) is 0 Å². The van der Waals surface area contributed by atoms with E-state index in [9.17, 15) is 22.0 Å². The van der Waals surface area contributed by atoms with E-state index in [4.69, 9.17) is 0 Å². The molecule has 5 heteroatoms. The van der Waals surface area contributed by atoms with Gasteiger partial charge < -0.3 is 0 Å².